The fraction of sp³-hybridized carbons (Fsp3) is 0.273. The zero-order chi connectivity index (χ0) is 10.7. The molecule has 2 nitrogen and oxygen atoms in total. The van der Waals surface area contributed by atoms with Crippen LogP contribution in [-0.2, 0) is 0 Å². The molecule has 3 heteroatoms. The number of ketones is 1. The van der Waals surface area contributed by atoms with E-state index in [1.54, 1.807) is 32.0 Å². The van der Waals surface area contributed by atoms with Gasteiger partial charge in [0.25, 0.3) is 0 Å². The van der Waals surface area contributed by atoms with Gasteiger partial charge in [0.05, 0.1) is 16.5 Å². The highest BCUT2D eigenvalue weighted by Gasteiger charge is 2.15. The van der Waals surface area contributed by atoms with Crippen molar-refractivity contribution in [3.05, 3.63) is 34.9 Å². The van der Waals surface area contributed by atoms with Gasteiger partial charge in [-0.1, -0.05) is 28.1 Å². The van der Waals surface area contributed by atoms with Gasteiger partial charge in [0, 0.05) is 5.56 Å². The maximum absolute atomic E-state index is 11.7. The number of rotatable bonds is 2. The predicted octanol–water partition coefficient (Wildman–Crippen LogP) is 2.83. The Bertz CT molecular complexity index is 404. The van der Waals surface area contributed by atoms with Crippen LogP contribution < -0.4 is 0 Å². The van der Waals surface area contributed by atoms with Crippen LogP contribution >= 0.6 is 15.9 Å². The second kappa shape index (κ2) is 4.39. The molecule has 0 spiro atoms. The van der Waals surface area contributed by atoms with Crippen LogP contribution in [0.25, 0.3) is 0 Å². The standard InChI is InChI=1S/C11H10BrNO/c1-7-9(6-13)4-3-5-10(7)11(14)8(2)12/h3-5,8H,1-2H3. The number of alkyl halides is 1. The summed E-state index contributed by atoms with van der Waals surface area (Å²) in [6.07, 6.45) is 0. The molecular weight excluding hydrogens is 242 g/mol. The smallest absolute Gasteiger partial charge is 0.176 e. The lowest BCUT2D eigenvalue weighted by atomic mass is 9.99. The normalized spacial score (nSPS) is 11.9. The van der Waals surface area contributed by atoms with Crippen LogP contribution in [0.5, 0.6) is 0 Å². The zero-order valence-corrected chi connectivity index (χ0v) is 9.63. The second-order valence-electron chi connectivity index (χ2n) is 3.07. The molecule has 0 fully saturated rings. The van der Waals surface area contributed by atoms with Crippen LogP contribution in [0.3, 0.4) is 0 Å². The summed E-state index contributed by atoms with van der Waals surface area (Å²) in [5.74, 6) is 0.0135. The van der Waals surface area contributed by atoms with Gasteiger partial charge in [0.2, 0.25) is 0 Å². The van der Waals surface area contributed by atoms with Gasteiger partial charge < -0.3 is 0 Å². The first-order valence-corrected chi connectivity index (χ1v) is 5.17. The molecule has 14 heavy (non-hydrogen) atoms. The van der Waals surface area contributed by atoms with Crippen LogP contribution in [-0.4, -0.2) is 10.6 Å². The minimum Gasteiger partial charge on any atom is -0.293 e. The van der Waals surface area contributed by atoms with Crippen molar-refractivity contribution in [1.82, 2.24) is 0 Å². The van der Waals surface area contributed by atoms with Crippen LogP contribution in [0.4, 0.5) is 0 Å². The van der Waals surface area contributed by atoms with Gasteiger partial charge in [-0.3, -0.25) is 4.79 Å². The fourth-order valence-corrected chi connectivity index (χ4v) is 1.48. The molecule has 1 unspecified atom stereocenters. The largest absolute Gasteiger partial charge is 0.293 e. The topological polar surface area (TPSA) is 40.9 Å². The molecule has 0 aliphatic carbocycles. The summed E-state index contributed by atoms with van der Waals surface area (Å²) in [7, 11) is 0. The lowest BCUT2D eigenvalue weighted by molar-refractivity contribution is 0.0995. The van der Waals surface area contributed by atoms with E-state index in [1.165, 1.54) is 0 Å². The molecule has 1 rings (SSSR count). The molecule has 1 atom stereocenters. The average Bonchev–Trinajstić information content (AvgIpc) is 2.17. The van der Waals surface area contributed by atoms with Crippen LogP contribution in [0.1, 0.15) is 28.4 Å². The van der Waals surface area contributed by atoms with Gasteiger partial charge in [-0.2, -0.15) is 5.26 Å². The van der Waals surface area contributed by atoms with Crippen molar-refractivity contribution in [1.29, 1.82) is 5.26 Å². The highest BCUT2D eigenvalue weighted by Crippen LogP contribution is 2.17. The van der Waals surface area contributed by atoms with Gasteiger partial charge >= 0.3 is 0 Å². The number of hydrogen-bond donors (Lipinski definition) is 0. The van der Waals surface area contributed by atoms with Crippen LogP contribution in [0.2, 0.25) is 0 Å². The summed E-state index contributed by atoms with van der Waals surface area (Å²) >= 11 is 3.22. The van der Waals surface area contributed by atoms with Crippen LogP contribution in [0.15, 0.2) is 18.2 Å². The Labute approximate surface area is 91.7 Å². The number of nitriles is 1. The van der Waals surface area contributed by atoms with Crippen molar-refractivity contribution in [2.24, 2.45) is 0 Å². The monoisotopic (exact) mass is 251 g/mol. The Morgan fingerprint density at radius 2 is 2.21 bits per heavy atom. The molecule has 0 saturated heterocycles. The van der Waals surface area contributed by atoms with E-state index in [4.69, 9.17) is 5.26 Å². The number of carbonyl (C=O) groups is 1. The van der Waals surface area contributed by atoms with E-state index >= 15 is 0 Å². The maximum Gasteiger partial charge on any atom is 0.176 e. The molecule has 72 valence electrons. The van der Waals surface area contributed by atoms with Crippen molar-refractivity contribution in [2.75, 3.05) is 0 Å². The molecule has 0 N–H and O–H groups in total. The predicted molar refractivity (Wildman–Crippen MR) is 58.6 cm³/mol. The quantitative estimate of drug-likeness (QED) is 0.599. The highest BCUT2D eigenvalue weighted by molar-refractivity contribution is 9.10. The van der Waals surface area contributed by atoms with E-state index in [9.17, 15) is 4.79 Å². The summed E-state index contributed by atoms with van der Waals surface area (Å²) in [6, 6.07) is 7.25. The number of benzene rings is 1. The molecule has 0 radical (unpaired) electrons. The molecule has 1 aromatic rings. The number of carbonyl (C=O) groups excluding carboxylic acids is 1. The Balaban J connectivity index is 3.24. The third-order valence-corrected chi connectivity index (χ3v) is 2.50. The van der Waals surface area contributed by atoms with E-state index in [0.717, 1.165) is 5.56 Å². The number of nitrogens with zero attached hydrogens (tertiary/aromatic N) is 1. The van der Waals surface area contributed by atoms with E-state index in [-0.39, 0.29) is 10.6 Å². The van der Waals surface area contributed by atoms with Gasteiger partial charge in [-0.05, 0) is 25.5 Å². The van der Waals surface area contributed by atoms with Crippen molar-refractivity contribution in [2.45, 2.75) is 18.7 Å². The van der Waals surface area contributed by atoms with E-state index in [1.807, 2.05) is 0 Å². The van der Waals surface area contributed by atoms with E-state index in [2.05, 4.69) is 22.0 Å². The first-order valence-electron chi connectivity index (χ1n) is 4.26. The zero-order valence-electron chi connectivity index (χ0n) is 8.04. The minimum atomic E-state index is -0.213. The Morgan fingerprint density at radius 1 is 1.57 bits per heavy atom. The fourth-order valence-electron chi connectivity index (χ4n) is 1.24. The molecule has 0 amide bonds. The molecule has 0 bridgehead atoms. The molecule has 0 aliphatic heterocycles. The lowest BCUT2D eigenvalue weighted by Gasteiger charge is -2.07. The van der Waals surface area contributed by atoms with Crippen molar-refractivity contribution < 1.29 is 4.79 Å². The summed E-state index contributed by atoms with van der Waals surface area (Å²) in [4.78, 5) is 11.5. The second-order valence-corrected chi connectivity index (χ2v) is 4.44. The van der Waals surface area contributed by atoms with Crippen molar-refractivity contribution in [3.63, 3.8) is 0 Å². The van der Waals surface area contributed by atoms with E-state index in [0.29, 0.717) is 11.1 Å². The average molecular weight is 252 g/mol. The van der Waals surface area contributed by atoms with Crippen molar-refractivity contribution >= 4 is 21.7 Å². The summed E-state index contributed by atoms with van der Waals surface area (Å²) in [6.45, 7) is 3.57. The first-order chi connectivity index (χ1) is 6.57. The molecule has 0 heterocycles. The molecular formula is C11H10BrNO. The summed E-state index contributed by atoms with van der Waals surface area (Å²) < 4.78 is 0. The summed E-state index contributed by atoms with van der Waals surface area (Å²) in [5.41, 5.74) is 1.93. The third kappa shape index (κ3) is 2.02. The molecule has 0 aliphatic rings. The van der Waals surface area contributed by atoms with Gasteiger partial charge in [0.1, 0.15) is 0 Å². The first kappa shape index (κ1) is 10.9. The lowest BCUT2D eigenvalue weighted by Crippen LogP contribution is -2.12. The Morgan fingerprint density at radius 3 is 2.71 bits per heavy atom. The minimum absolute atomic E-state index is 0.0135. The number of halogens is 1. The van der Waals surface area contributed by atoms with Gasteiger partial charge in [-0.25, -0.2) is 0 Å². The number of hydrogen-bond acceptors (Lipinski definition) is 2. The van der Waals surface area contributed by atoms with Crippen LogP contribution in [0, 0.1) is 18.3 Å². The van der Waals surface area contributed by atoms with Gasteiger partial charge in [-0.15, -0.1) is 0 Å². The Kier molecular flexibility index (Phi) is 3.43. The van der Waals surface area contributed by atoms with Gasteiger partial charge in [0.15, 0.2) is 5.78 Å². The van der Waals surface area contributed by atoms with Crippen molar-refractivity contribution in [3.8, 4) is 6.07 Å². The van der Waals surface area contributed by atoms with E-state index < -0.39 is 0 Å². The SMILES string of the molecule is Cc1c(C#N)cccc1C(=O)C(C)Br. The molecule has 0 saturated carbocycles. The Hall–Kier alpha value is -1.14. The summed E-state index contributed by atoms with van der Waals surface area (Å²) in [5, 5.41) is 8.79. The maximum atomic E-state index is 11.7. The number of Topliss-reactive ketones (excluding diaryl/α,β-unsaturated/α-hetero) is 1. The third-order valence-electron chi connectivity index (χ3n) is 2.08. The molecule has 0 aromatic heterocycles. The molecule has 1 aromatic carbocycles. The highest BCUT2D eigenvalue weighted by atomic mass is 79.9.